The van der Waals surface area contributed by atoms with E-state index >= 15 is 0 Å². The van der Waals surface area contributed by atoms with Crippen LogP contribution in [0.2, 0.25) is 5.02 Å². The Labute approximate surface area is 172 Å². The van der Waals surface area contributed by atoms with Crippen molar-refractivity contribution in [2.75, 3.05) is 7.11 Å². The predicted octanol–water partition coefficient (Wildman–Crippen LogP) is 3.59. The van der Waals surface area contributed by atoms with Crippen molar-refractivity contribution in [3.05, 3.63) is 52.1 Å². The minimum absolute atomic E-state index is 0.391. The number of furan rings is 1. The summed E-state index contributed by atoms with van der Waals surface area (Å²) in [6, 6.07) is 3.65. The molecular formula is C18H13ClN6O3S. The molecule has 0 aliphatic heterocycles. The van der Waals surface area contributed by atoms with Crippen LogP contribution in [0.3, 0.4) is 0 Å². The number of fused-ring (bicyclic) bond motifs is 3. The van der Waals surface area contributed by atoms with Crippen molar-refractivity contribution < 1.29 is 13.9 Å². The number of ether oxygens (including phenoxy) is 1. The van der Waals surface area contributed by atoms with Gasteiger partial charge in [0.05, 0.1) is 30.3 Å². The number of hydrogen-bond donors (Lipinski definition) is 0. The molecule has 5 heterocycles. The monoisotopic (exact) mass is 428 g/mol. The number of carbonyl (C=O) groups excluding carboxylic acids is 1. The number of halogens is 1. The summed E-state index contributed by atoms with van der Waals surface area (Å²) in [7, 11) is 1.36. The normalized spacial score (nSPS) is 11.6. The lowest BCUT2D eigenvalue weighted by Crippen LogP contribution is -1.99. The van der Waals surface area contributed by atoms with E-state index in [0.29, 0.717) is 44.3 Å². The Morgan fingerprint density at radius 1 is 1.38 bits per heavy atom. The maximum absolute atomic E-state index is 12.0. The topological polar surface area (TPSA) is 100 Å². The number of esters is 1. The highest BCUT2D eigenvalue weighted by molar-refractivity contribution is 7.20. The van der Waals surface area contributed by atoms with E-state index in [0.717, 1.165) is 10.9 Å². The van der Waals surface area contributed by atoms with Gasteiger partial charge in [-0.1, -0.05) is 11.6 Å². The van der Waals surface area contributed by atoms with Gasteiger partial charge in [0.15, 0.2) is 11.4 Å². The number of thiophene rings is 1. The molecule has 0 fully saturated rings. The Balaban J connectivity index is 1.55. The van der Waals surface area contributed by atoms with Gasteiger partial charge >= 0.3 is 5.97 Å². The third-order valence-corrected chi connectivity index (χ3v) is 5.81. The second-order valence-electron chi connectivity index (χ2n) is 6.30. The first-order valence-electron chi connectivity index (χ1n) is 8.53. The Bertz CT molecular complexity index is 1380. The van der Waals surface area contributed by atoms with Crippen LogP contribution < -0.4 is 0 Å². The predicted molar refractivity (Wildman–Crippen MR) is 106 cm³/mol. The van der Waals surface area contributed by atoms with Gasteiger partial charge in [0, 0.05) is 6.20 Å². The van der Waals surface area contributed by atoms with E-state index in [-0.39, 0.29) is 0 Å². The van der Waals surface area contributed by atoms with E-state index in [2.05, 4.69) is 20.2 Å². The quantitative estimate of drug-likeness (QED) is 0.403. The van der Waals surface area contributed by atoms with E-state index in [4.69, 9.17) is 20.8 Å². The standard InChI is InChI=1S/C18H13ClN6O3S/c1-9-13-16-22-15(12-4-3-11(28-12)7-24-6-10(19)5-21-24)23-25(16)8-20-17(13)29-14(9)18(26)27-2/h3-6,8H,7H2,1-2H3. The van der Waals surface area contributed by atoms with Crippen molar-refractivity contribution in [1.29, 1.82) is 0 Å². The summed E-state index contributed by atoms with van der Waals surface area (Å²) in [5.41, 5.74) is 1.37. The molecule has 0 aliphatic carbocycles. The Kier molecular flexibility index (Phi) is 4.10. The molecule has 0 saturated heterocycles. The molecule has 0 aromatic carbocycles. The molecule has 0 bridgehead atoms. The second kappa shape index (κ2) is 6.68. The summed E-state index contributed by atoms with van der Waals surface area (Å²) < 4.78 is 14.0. The molecule has 0 unspecified atom stereocenters. The average molecular weight is 429 g/mol. The van der Waals surface area contributed by atoms with Crippen LogP contribution in [0.1, 0.15) is 21.0 Å². The molecule has 5 aromatic rings. The zero-order chi connectivity index (χ0) is 20.1. The first kappa shape index (κ1) is 17.8. The van der Waals surface area contributed by atoms with Crippen molar-refractivity contribution in [3.8, 4) is 11.6 Å². The molecule has 146 valence electrons. The second-order valence-corrected chi connectivity index (χ2v) is 7.73. The number of rotatable bonds is 4. The number of carbonyl (C=O) groups is 1. The third kappa shape index (κ3) is 2.97. The SMILES string of the molecule is COC(=O)c1sc2ncn3nc(-c4ccc(Cn5cc(Cl)cn5)o4)nc3c2c1C. The fraction of sp³-hybridized carbons (Fsp3) is 0.167. The van der Waals surface area contributed by atoms with Gasteiger partial charge in [-0.2, -0.15) is 5.10 Å². The van der Waals surface area contributed by atoms with Gasteiger partial charge in [0.25, 0.3) is 0 Å². The number of aryl methyl sites for hydroxylation is 1. The Morgan fingerprint density at radius 2 is 2.24 bits per heavy atom. The van der Waals surface area contributed by atoms with Crippen molar-refractivity contribution in [2.24, 2.45) is 0 Å². The van der Waals surface area contributed by atoms with Gasteiger partial charge in [-0.15, -0.1) is 16.4 Å². The minimum atomic E-state index is -0.391. The average Bonchev–Trinajstić information content (AvgIpc) is 3.47. The summed E-state index contributed by atoms with van der Waals surface area (Å²) in [5, 5.41) is 9.94. The lowest BCUT2D eigenvalue weighted by atomic mass is 10.2. The van der Waals surface area contributed by atoms with Gasteiger partial charge in [-0.05, 0) is 24.6 Å². The van der Waals surface area contributed by atoms with Gasteiger partial charge in [0.2, 0.25) is 5.82 Å². The van der Waals surface area contributed by atoms with E-state index in [9.17, 15) is 4.79 Å². The Hall–Kier alpha value is -3.24. The lowest BCUT2D eigenvalue weighted by Gasteiger charge is -1.96. The number of aromatic nitrogens is 6. The van der Waals surface area contributed by atoms with E-state index in [1.54, 1.807) is 34.0 Å². The van der Waals surface area contributed by atoms with Crippen molar-refractivity contribution >= 4 is 44.8 Å². The third-order valence-electron chi connectivity index (χ3n) is 4.44. The van der Waals surface area contributed by atoms with Crippen molar-refractivity contribution in [2.45, 2.75) is 13.5 Å². The van der Waals surface area contributed by atoms with Crippen LogP contribution in [0.25, 0.3) is 27.4 Å². The number of methoxy groups -OCH3 is 1. The Morgan fingerprint density at radius 3 is 3.00 bits per heavy atom. The zero-order valence-electron chi connectivity index (χ0n) is 15.3. The molecule has 0 amide bonds. The largest absolute Gasteiger partial charge is 0.465 e. The van der Waals surface area contributed by atoms with Gasteiger partial charge in [0.1, 0.15) is 21.8 Å². The van der Waals surface area contributed by atoms with Crippen LogP contribution in [0.5, 0.6) is 0 Å². The highest BCUT2D eigenvalue weighted by atomic mass is 35.5. The van der Waals surface area contributed by atoms with Crippen LogP contribution >= 0.6 is 22.9 Å². The summed E-state index contributed by atoms with van der Waals surface area (Å²) in [4.78, 5) is 22.2. The molecule has 5 aromatic heterocycles. The molecule has 0 aliphatic rings. The molecule has 29 heavy (non-hydrogen) atoms. The van der Waals surface area contributed by atoms with Gasteiger partial charge in [-0.3, -0.25) is 4.68 Å². The summed E-state index contributed by atoms with van der Waals surface area (Å²) >= 11 is 7.17. The molecular weight excluding hydrogens is 416 g/mol. The van der Waals surface area contributed by atoms with Crippen LogP contribution in [0.4, 0.5) is 0 Å². The van der Waals surface area contributed by atoms with Crippen LogP contribution in [0.15, 0.2) is 35.3 Å². The van der Waals surface area contributed by atoms with E-state index < -0.39 is 5.97 Å². The van der Waals surface area contributed by atoms with Crippen molar-refractivity contribution in [3.63, 3.8) is 0 Å². The van der Waals surface area contributed by atoms with Crippen LogP contribution in [0, 0.1) is 6.92 Å². The first-order chi connectivity index (χ1) is 14.0. The smallest absolute Gasteiger partial charge is 0.348 e. The van der Waals surface area contributed by atoms with E-state index in [1.807, 2.05) is 13.0 Å². The fourth-order valence-electron chi connectivity index (χ4n) is 3.09. The molecule has 9 nitrogen and oxygen atoms in total. The summed E-state index contributed by atoms with van der Waals surface area (Å²) in [5.74, 6) is 1.25. The highest BCUT2D eigenvalue weighted by Gasteiger charge is 2.21. The highest BCUT2D eigenvalue weighted by Crippen LogP contribution is 2.33. The molecule has 5 rings (SSSR count). The molecule has 0 radical (unpaired) electrons. The zero-order valence-corrected chi connectivity index (χ0v) is 16.9. The molecule has 0 N–H and O–H groups in total. The lowest BCUT2D eigenvalue weighted by molar-refractivity contribution is 0.0605. The minimum Gasteiger partial charge on any atom is -0.465 e. The van der Waals surface area contributed by atoms with Crippen LogP contribution in [-0.2, 0) is 11.3 Å². The fourth-order valence-corrected chi connectivity index (χ4v) is 4.31. The molecule has 0 spiro atoms. The number of nitrogens with zero attached hydrogens (tertiary/aromatic N) is 6. The first-order valence-corrected chi connectivity index (χ1v) is 9.73. The maximum atomic E-state index is 12.0. The van der Waals surface area contributed by atoms with Gasteiger partial charge < -0.3 is 9.15 Å². The van der Waals surface area contributed by atoms with Gasteiger partial charge in [-0.25, -0.2) is 19.3 Å². The molecule has 0 saturated carbocycles. The van der Waals surface area contributed by atoms with Crippen LogP contribution in [-0.4, -0.2) is 42.4 Å². The van der Waals surface area contributed by atoms with Crippen molar-refractivity contribution in [1.82, 2.24) is 29.4 Å². The molecule has 0 atom stereocenters. The summed E-state index contributed by atoms with van der Waals surface area (Å²) in [6.07, 6.45) is 4.85. The maximum Gasteiger partial charge on any atom is 0.348 e. The number of hydrogen-bond acceptors (Lipinski definition) is 8. The van der Waals surface area contributed by atoms with E-state index in [1.165, 1.54) is 18.4 Å². The molecule has 11 heteroatoms. The summed E-state index contributed by atoms with van der Waals surface area (Å²) in [6.45, 7) is 2.29.